The fraction of sp³-hybridized carbons (Fsp3) is 0.111. The van der Waals surface area contributed by atoms with Crippen LogP contribution in [0.3, 0.4) is 0 Å². The quantitative estimate of drug-likeness (QED) is 0.723. The number of hydrogen-bond donors (Lipinski definition) is 0. The number of para-hydroxylation sites is 1. The molecule has 0 fully saturated rings. The summed E-state index contributed by atoms with van der Waals surface area (Å²) in [5, 5.41) is 3.78. The van der Waals surface area contributed by atoms with Gasteiger partial charge in [0.15, 0.2) is 0 Å². The summed E-state index contributed by atoms with van der Waals surface area (Å²) in [6.45, 7) is 0.371. The summed E-state index contributed by atoms with van der Waals surface area (Å²) < 4.78 is 10.6. The molecule has 0 bridgehead atoms. The van der Waals surface area contributed by atoms with Crippen molar-refractivity contribution in [1.82, 2.24) is 5.16 Å². The second kappa shape index (κ2) is 6.79. The number of nitrogens with zero attached hydrogens (tertiary/aromatic N) is 2. The van der Waals surface area contributed by atoms with E-state index in [2.05, 4.69) is 5.16 Å². The van der Waals surface area contributed by atoms with Crippen molar-refractivity contribution in [1.29, 1.82) is 0 Å². The van der Waals surface area contributed by atoms with E-state index in [1.807, 2.05) is 60.7 Å². The van der Waals surface area contributed by atoms with Gasteiger partial charge in [0.2, 0.25) is 5.76 Å². The molecule has 23 heavy (non-hydrogen) atoms. The number of carbonyl (C=O) groups excluding carboxylic acids is 1. The summed E-state index contributed by atoms with van der Waals surface area (Å²) in [6, 6.07) is 20.6. The Morgan fingerprint density at radius 2 is 1.74 bits per heavy atom. The van der Waals surface area contributed by atoms with Gasteiger partial charge in [0.25, 0.3) is 11.8 Å². The number of ether oxygens (including phenoxy) is 1. The van der Waals surface area contributed by atoms with Crippen LogP contribution in [-0.4, -0.2) is 18.1 Å². The van der Waals surface area contributed by atoms with E-state index in [0.717, 1.165) is 11.3 Å². The van der Waals surface area contributed by atoms with E-state index in [1.54, 1.807) is 7.05 Å². The molecule has 116 valence electrons. The first-order valence-corrected chi connectivity index (χ1v) is 7.20. The monoisotopic (exact) mass is 308 g/mol. The van der Waals surface area contributed by atoms with Crippen molar-refractivity contribution in [3.8, 4) is 5.88 Å². The number of rotatable bonds is 5. The van der Waals surface area contributed by atoms with Gasteiger partial charge < -0.3 is 14.2 Å². The Morgan fingerprint density at radius 3 is 2.43 bits per heavy atom. The van der Waals surface area contributed by atoms with Crippen LogP contribution in [0.5, 0.6) is 5.88 Å². The fourth-order valence-corrected chi connectivity index (χ4v) is 2.09. The lowest BCUT2D eigenvalue weighted by atomic mass is 10.2. The molecule has 0 saturated carbocycles. The third kappa shape index (κ3) is 3.58. The smallest absolute Gasteiger partial charge is 0.296 e. The molecule has 3 rings (SSSR count). The number of carbonyl (C=O) groups is 1. The maximum atomic E-state index is 12.4. The molecule has 0 aliphatic rings. The zero-order valence-corrected chi connectivity index (χ0v) is 12.7. The Balaban J connectivity index is 1.65. The summed E-state index contributed by atoms with van der Waals surface area (Å²) in [6.07, 6.45) is 0. The molecule has 0 radical (unpaired) electrons. The van der Waals surface area contributed by atoms with E-state index in [1.165, 1.54) is 11.0 Å². The Hall–Kier alpha value is -3.08. The van der Waals surface area contributed by atoms with Crippen LogP contribution in [0.1, 0.15) is 16.1 Å². The normalized spacial score (nSPS) is 10.3. The topological polar surface area (TPSA) is 55.6 Å². The van der Waals surface area contributed by atoms with Crippen LogP contribution in [0, 0.1) is 0 Å². The number of hydrogen-bond acceptors (Lipinski definition) is 4. The maximum absolute atomic E-state index is 12.4. The van der Waals surface area contributed by atoms with Crippen LogP contribution >= 0.6 is 0 Å². The minimum absolute atomic E-state index is 0.138. The summed E-state index contributed by atoms with van der Waals surface area (Å²) in [7, 11) is 1.69. The van der Waals surface area contributed by atoms with Gasteiger partial charge in [-0.2, -0.15) is 0 Å². The average Bonchev–Trinajstić information content (AvgIpc) is 3.09. The molecule has 5 heteroatoms. The number of anilines is 1. The minimum atomic E-state index is -0.279. The molecule has 0 aliphatic heterocycles. The highest BCUT2D eigenvalue weighted by Gasteiger charge is 2.19. The first-order valence-electron chi connectivity index (χ1n) is 7.20. The van der Waals surface area contributed by atoms with Crippen molar-refractivity contribution in [3.63, 3.8) is 0 Å². The molecular weight excluding hydrogens is 292 g/mol. The summed E-state index contributed by atoms with van der Waals surface area (Å²) in [4.78, 5) is 13.9. The van der Waals surface area contributed by atoms with Crippen LogP contribution in [0.15, 0.2) is 71.3 Å². The Kier molecular flexibility index (Phi) is 4.38. The van der Waals surface area contributed by atoms with Crippen LogP contribution in [0.25, 0.3) is 0 Å². The largest absolute Gasteiger partial charge is 0.471 e. The SMILES string of the molecule is CN(C(=O)c1cc(OCc2ccccc2)no1)c1ccccc1. The Bertz CT molecular complexity index is 769. The second-order valence-corrected chi connectivity index (χ2v) is 5.00. The molecule has 0 atom stereocenters. The van der Waals surface area contributed by atoms with Gasteiger partial charge in [-0.15, -0.1) is 0 Å². The van der Waals surface area contributed by atoms with E-state index >= 15 is 0 Å². The predicted molar refractivity (Wildman–Crippen MR) is 86.5 cm³/mol. The molecule has 1 aromatic heterocycles. The molecule has 0 N–H and O–H groups in total. The van der Waals surface area contributed by atoms with Gasteiger partial charge in [-0.25, -0.2) is 0 Å². The van der Waals surface area contributed by atoms with Crippen molar-refractivity contribution >= 4 is 11.6 Å². The lowest BCUT2D eigenvalue weighted by Crippen LogP contribution is -2.25. The van der Waals surface area contributed by atoms with E-state index in [9.17, 15) is 4.79 Å². The summed E-state index contributed by atoms with van der Waals surface area (Å²) in [5.74, 6) is 0.149. The highest BCUT2D eigenvalue weighted by atomic mass is 16.5. The van der Waals surface area contributed by atoms with Crippen LogP contribution in [-0.2, 0) is 6.61 Å². The van der Waals surface area contributed by atoms with Gasteiger partial charge in [-0.1, -0.05) is 48.5 Å². The first kappa shape index (κ1) is 14.8. The van der Waals surface area contributed by atoms with Crippen LogP contribution in [0.2, 0.25) is 0 Å². The highest BCUT2D eigenvalue weighted by Crippen LogP contribution is 2.18. The Morgan fingerprint density at radius 1 is 1.09 bits per heavy atom. The predicted octanol–water partition coefficient (Wildman–Crippen LogP) is 3.53. The van der Waals surface area contributed by atoms with Gasteiger partial charge in [0, 0.05) is 12.7 Å². The van der Waals surface area contributed by atoms with E-state index in [0.29, 0.717) is 12.5 Å². The molecular formula is C18H16N2O3. The third-order valence-corrected chi connectivity index (χ3v) is 3.38. The molecule has 0 saturated heterocycles. The van der Waals surface area contributed by atoms with Crippen molar-refractivity contribution in [2.24, 2.45) is 0 Å². The molecule has 0 unspecified atom stereocenters. The lowest BCUT2D eigenvalue weighted by molar-refractivity contribution is 0.0957. The molecule has 3 aromatic rings. The number of aromatic nitrogens is 1. The Labute approximate surface area is 134 Å². The number of benzene rings is 2. The van der Waals surface area contributed by atoms with E-state index in [4.69, 9.17) is 9.26 Å². The zero-order chi connectivity index (χ0) is 16.1. The first-order chi connectivity index (χ1) is 11.2. The van der Waals surface area contributed by atoms with Gasteiger partial charge in [-0.3, -0.25) is 4.79 Å². The maximum Gasteiger partial charge on any atom is 0.296 e. The molecule has 0 spiro atoms. The number of amides is 1. The van der Waals surface area contributed by atoms with Gasteiger partial charge in [0.1, 0.15) is 6.61 Å². The molecule has 0 aliphatic carbocycles. The minimum Gasteiger partial charge on any atom is -0.471 e. The summed E-state index contributed by atoms with van der Waals surface area (Å²) >= 11 is 0. The van der Waals surface area contributed by atoms with Crippen LogP contribution in [0.4, 0.5) is 5.69 Å². The highest BCUT2D eigenvalue weighted by molar-refractivity contribution is 6.03. The lowest BCUT2D eigenvalue weighted by Gasteiger charge is -2.14. The van der Waals surface area contributed by atoms with Crippen LogP contribution < -0.4 is 9.64 Å². The average molecular weight is 308 g/mol. The van der Waals surface area contributed by atoms with Crippen molar-refractivity contribution in [3.05, 3.63) is 78.1 Å². The van der Waals surface area contributed by atoms with Gasteiger partial charge in [0.05, 0.1) is 6.07 Å². The molecule has 1 heterocycles. The van der Waals surface area contributed by atoms with Crippen molar-refractivity contribution in [2.75, 3.05) is 11.9 Å². The molecule has 2 aromatic carbocycles. The van der Waals surface area contributed by atoms with Gasteiger partial charge >= 0.3 is 0 Å². The van der Waals surface area contributed by atoms with E-state index in [-0.39, 0.29) is 11.7 Å². The second-order valence-electron chi connectivity index (χ2n) is 5.00. The molecule has 5 nitrogen and oxygen atoms in total. The third-order valence-electron chi connectivity index (χ3n) is 3.38. The standard InChI is InChI=1S/C18H16N2O3/c1-20(15-10-6-3-7-11-15)18(21)16-12-17(19-23-16)22-13-14-8-4-2-5-9-14/h2-12H,13H2,1H3. The zero-order valence-electron chi connectivity index (χ0n) is 12.7. The van der Waals surface area contributed by atoms with E-state index < -0.39 is 0 Å². The molecule has 1 amide bonds. The van der Waals surface area contributed by atoms with Crippen molar-refractivity contribution in [2.45, 2.75) is 6.61 Å². The van der Waals surface area contributed by atoms with Gasteiger partial charge in [-0.05, 0) is 22.9 Å². The fourth-order valence-electron chi connectivity index (χ4n) is 2.09. The summed E-state index contributed by atoms with van der Waals surface area (Å²) in [5.41, 5.74) is 1.80. The van der Waals surface area contributed by atoms with Crippen molar-refractivity contribution < 1.29 is 14.1 Å².